The van der Waals surface area contributed by atoms with Crippen LogP contribution in [0.2, 0.25) is 0 Å². The number of aryl methyl sites for hydroxylation is 1. The molecule has 0 bridgehead atoms. The molecule has 0 atom stereocenters. The Labute approximate surface area is 97.1 Å². The minimum atomic E-state index is -0.104. The Morgan fingerprint density at radius 3 is 2.81 bits per heavy atom. The first-order valence-electron chi connectivity index (χ1n) is 4.83. The Morgan fingerprint density at radius 2 is 2.31 bits per heavy atom. The van der Waals surface area contributed by atoms with Gasteiger partial charge < -0.3 is 5.32 Å². The van der Waals surface area contributed by atoms with Crippen LogP contribution < -0.4 is 5.32 Å². The number of anilines is 1. The molecular weight excluding hydrogens is 224 g/mol. The highest BCUT2D eigenvalue weighted by Crippen LogP contribution is 2.29. The zero-order valence-electron chi connectivity index (χ0n) is 9.31. The van der Waals surface area contributed by atoms with Gasteiger partial charge in [0, 0.05) is 30.6 Å². The average Bonchev–Trinajstić information content (AvgIpc) is 2.83. The van der Waals surface area contributed by atoms with Gasteiger partial charge in [-0.15, -0.1) is 11.3 Å². The molecule has 0 spiro atoms. The lowest BCUT2D eigenvalue weighted by atomic mass is 10.2. The molecule has 0 aliphatic heterocycles. The van der Waals surface area contributed by atoms with Gasteiger partial charge in [0.15, 0.2) is 5.13 Å². The Hall–Kier alpha value is -1.69. The number of thiazole rings is 1. The van der Waals surface area contributed by atoms with Gasteiger partial charge in [-0.3, -0.25) is 4.79 Å². The van der Waals surface area contributed by atoms with Crippen molar-refractivity contribution in [3.05, 3.63) is 17.3 Å². The van der Waals surface area contributed by atoms with Crippen molar-refractivity contribution in [2.75, 3.05) is 12.4 Å². The molecule has 0 amide bonds. The second-order valence-corrected chi connectivity index (χ2v) is 4.57. The van der Waals surface area contributed by atoms with Gasteiger partial charge in [0.2, 0.25) is 5.91 Å². The standard InChI is InChI=1S/C10H12N4OS/c1-6-9(13-10(11-3)16-6)8-4-12-14(5-8)7(2)15/h4-5H,1-3H3,(H,11,13). The number of carbonyl (C=O) groups is 1. The van der Waals surface area contributed by atoms with Crippen LogP contribution in [0.25, 0.3) is 11.3 Å². The summed E-state index contributed by atoms with van der Waals surface area (Å²) in [6.45, 7) is 3.47. The van der Waals surface area contributed by atoms with Gasteiger partial charge in [-0.2, -0.15) is 5.10 Å². The van der Waals surface area contributed by atoms with E-state index in [0.717, 1.165) is 21.3 Å². The highest BCUT2D eigenvalue weighted by atomic mass is 32.1. The maximum atomic E-state index is 11.1. The van der Waals surface area contributed by atoms with Gasteiger partial charge in [-0.1, -0.05) is 0 Å². The van der Waals surface area contributed by atoms with Gasteiger partial charge >= 0.3 is 0 Å². The van der Waals surface area contributed by atoms with Gasteiger partial charge in [0.05, 0.1) is 11.9 Å². The van der Waals surface area contributed by atoms with Crippen molar-refractivity contribution >= 4 is 22.4 Å². The summed E-state index contributed by atoms with van der Waals surface area (Å²) in [5.74, 6) is -0.104. The predicted octanol–water partition coefficient (Wildman–Crippen LogP) is 2.02. The van der Waals surface area contributed by atoms with E-state index in [9.17, 15) is 4.79 Å². The predicted molar refractivity (Wildman–Crippen MR) is 63.9 cm³/mol. The molecule has 2 rings (SSSR count). The molecule has 0 fully saturated rings. The molecule has 2 aromatic rings. The topological polar surface area (TPSA) is 59.8 Å². The van der Waals surface area contributed by atoms with Crippen molar-refractivity contribution in [1.29, 1.82) is 0 Å². The largest absolute Gasteiger partial charge is 0.365 e. The number of rotatable bonds is 2. The van der Waals surface area contributed by atoms with Crippen LogP contribution in [-0.4, -0.2) is 27.7 Å². The fourth-order valence-electron chi connectivity index (χ4n) is 1.39. The van der Waals surface area contributed by atoms with E-state index < -0.39 is 0 Å². The summed E-state index contributed by atoms with van der Waals surface area (Å²) in [5, 5.41) is 7.84. The summed E-state index contributed by atoms with van der Waals surface area (Å²) in [5.41, 5.74) is 1.74. The third kappa shape index (κ3) is 1.83. The van der Waals surface area contributed by atoms with Crippen molar-refractivity contribution in [2.45, 2.75) is 13.8 Å². The van der Waals surface area contributed by atoms with Crippen LogP contribution in [0.3, 0.4) is 0 Å². The normalized spacial score (nSPS) is 10.4. The summed E-state index contributed by atoms with van der Waals surface area (Å²) in [6, 6.07) is 0. The van der Waals surface area contributed by atoms with Crippen molar-refractivity contribution in [3.63, 3.8) is 0 Å². The van der Waals surface area contributed by atoms with E-state index >= 15 is 0 Å². The molecule has 2 aromatic heterocycles. The number of aromatic nitrogens is 3. The number of hydrogen-bond acceptors (Lipinski definition) is 5. The third-order valence-electron chi connectivity index (χ3n) is 2.19. The fraction of sp³-hybridized carbons (Fsp3) is 0.300. The molecule has 2 heterocycles. The van der Waals surface area contributed by atoms with E-state index in [-0.39, 0.29) is 5.91 Å². The zero-order valence-corrected chi connectivity index (χ0v) is 10.1. The molecule has 0 saturated carbocycles. The molecule has 0 unspecified atom stereocenters. The van der Waals surface area contributed by atoms with Crippen molar-refractivity contribution in [3.8, 4) is 11.3 Å². The van der Waals surface area contributed by atoms with E-state index in [1.165, 1.54) is 11.6 Å². The first-order chi connectivity index (χ1) is 7.61. The highest BCUT2D eigenvalue weighted by molar-refractivity contribution is 7.15. The average molecular weight is 236 g/mol. The first kappa shape index (κ1) is 10.8. The summed E-state index contributed by atoms with van der Waals surface area (Å²) in [7, 11) is 1.83. The van der Waals surface area contributed by atoms with E-state index in [0.29, 0.717) is 0 Å². The highest BCUT2D eigenvalue weighted by Gasteiger charge is 2.11. The summed E-state index contributed by atoms with van der Waals surface area (Å²) in [6.07, 6.45) is 3.35. The molecule has 84 valence electrons. The Morgan fingerprint density at radius 1 is 1.56 bits per heavy atom. The Balaban J connectivity index is 2.41. The van der Waals surface area contributed by atoms with Crippen LogP contribution in [0.15, 0.2) is 12.4 Å². The molecular formula is C10H12N4OS. The third-order valence-corrected chi connectivity index (χ3v) is 3.18. The number of nitrogens with one attached hydrogen (secondary N) is 1. The second-order valence-electron chi connectivity index (χ2n) is 3.37. The molecule has 0 radical (unpaired) electrons. The summed E-state index contributed by atoms with van der Waals surface area (Å²) < 4.78 is 1.31. The Kier molecular flexibility index (Phi) is 2.74. The summed E-state index contributed by atoms with van der Waals surface area (Å²) in [4.78, 5) is 16.6. The lowest BCUT2D eigenvalue weighted by Gasteiger charge is -1.92. The van der Waals surface area contributed by atoms with Gasteiger partial charge in [0.1, 0.15) is 0 Å². The lowest BCUT2D eigenvalue weighted by Crippen LogP contribution is -2.04. The molecule has 0 aliphatic carbocycles. The Bertz CT molecular complexity index is 529. The second kappa shape index (κ2) is 4.05. The van der Waals surface area contributed by atoms with E-state index in [1.54, 1.807) is 23.7 Å². The van der Waals surface area contributed by atoms with Gasteiger partial charge in [-0.25, -0.2) is 9.67 Å². The monoisotopic (exact) mass is 236 g/mol. The molecule has 1 N–H and O–H groups in total. The molecule has 16 heavy (non-hydrogen) atoms. The minimum Gasteiger partial charge on any atom is -0.365 e. The van der Waals surface area contributed by atoms with Crippen LogP contribution in [0.4, 0.5) is 5.13 Å². The molecule has 0 aromatic carbocycles. The van der Waals surface area contributed by atoms with Crippen molar-refractivity contribution < 1.29 is 4.79 Å². The van der Waals surface area contributed by atoms with Crippen molar-refractivity contribution in [2.24, 2.45) is 0 Å². The zero-order chi connectivity index (χ0) is 11.7. The molecule has 0 saturated heterocycles. The van der Waals surface area contributed by atoms with E-state index in [1.807, 2.05) is 14.0 Å². The maximum Gasteiger partial charge on any atom is 0.243 e. The summed E-state index contributed by atoms with van der Waals surface area (Å²) >= 11 is 1.58. The fourth-order valence-corrected chi connectivity index (χ4v) is 2.18. The maximum absolute atomic E-state index is 11.1. The number of hydrogen-bond donors (Lipinski definition) is 1. The molecule has 0 aliphatic rings. The van der Waals surface area contributed by atoms with Crippen molar-refractivity contribution in [1.82, 2.24) is 14.8 Å². The first-order valence-corrected chi connectivity index (χ1v) is 5.64. The van der Waals surface area contributed by atoms with Crippen LogP contribution in [0.5, 0.6) is 0 Å². The SMILES string of the molecule is CNc1nc(-c2cnn(C(C)=O)c2)c(C)s1. The minimum absolute atomic E-state index is 0.104. The van der Waals surface area contributed by atoms with Crippen LogP contribution >= 0.6 is 11.3 Å². The quantitative estimate of drug-likeness (QED) is 0.866. The van der Waals surface area contributed by atoms with E-state index in [4.69, 9.17) is 0 Å². The number of nitrogens with zero attached hydrogens (tertiary/aromatic N) is 3. The van der Waals surface area contributed by atoms with Crippen LogP contribution in [-0.2, 0) is 0 Å². The van der Waals surface area contributed by atoms with E-state index in [2.05, 4.69) is 15.4 Å². The molecule has 6 heteroatoms. The van der Waals surface area contributed by atoms with Crippen LogP contribution in [0.1, 0.15) is 16.6 Å². The van der Waals surface area contributed by atoms with Crippen LogP contribution in [0, 0.1) is 6.92 Å². The number of carbonyl (C=O) groups excluding carboxylic acids is 1. The lowest BCUT2D eigenvalue weighted by molar-refractivity contribution is 0.0921. The van der Waals surface area contributed by atoms with Gasteiger partial charge in [-0.05, 0) is 6.92 Å². The van der Waals surface area contributed by atoms with Gasteiger partial charge in [0.25, 0.3) is 0 Å². The molecule has 5 nitrogen and oxygen atoms in total. The smallest absolute Gasteiger partial charge is 0.243 e.